The van der Waals surface area contributed by atoms with E-state index in [1.807, 2.05) is 47.6 Å². The quantitative estimate of drug-likeness (QED) is 0.330. The minimum atomic E-state index is -1.12. The number of aromatic nitrogens is 2. The van der Waals surface area contributed by atoms with Crippen molar-refractivity contribution >= 4 is 11.7 Å². The first-order valence-corrected chi connectivity index (χ1v) is 15.1. The van der Waals surface area contributed by atoms with Crippen LogP contribution in [0, 0.1) is 26.2 Å². The van der Waals surface area contributed by atoms with E-state index in [-0.39, 0.29) is 5.41 Å². The number of carboxylic acid groups (broad SMARTS) is 1. The highest BCUT2D eigenvalue weighted by atomic mass is 16.5. The third kappa shape index (κ3) is 6.55. The molecule has 1 saturated heterocycles. The van der Waals surface area contributed by atoms with E-state index in [9.17, 15) is 9.90 Å². The summed E-state index contributed by atoms with van der Waals surface area (Å²) in [5.41, 5.74) is 8.57. The molecule has 42 heavy (non-hydrogen) atoms. The van der Waals surface area contributed by atoms with Crippen LogP contribution in [0.25, 0.3) is 11.1 Å². The van der Waals surface area contributed by atoms with Gasteiger partial charge in [0.15, 0.2) is 6.10 Å². The normalized spacial score (nSPS) is 18.1. The van der Waals surface area contributed by atoms with Gasteiger partial charge in [-0.05, 0) is 82.9 Å². The number of hydrogen-bond acceptors (Lipinski definition) is 7. The molecular formula is C34H46N4O4. The van der Waals surface area contributed by atoms with Gasteiger partial charge >= 0.3 is 5.97 Å². The standard InChI is InChI=1S/C34H46N4O4/c1-21-17-27(36-42-21)20-37-14-11-24-18-25(9-10-26(24)19-37)28-22(2)35-23(3)29(31(32(39)40)41-33(4,5)6)30(28)38-15-12-34(7,8)13-16-38/h9-10,17-18,31H,11-16,19-20H2,1-8H3,(H,39,40). The minimum absolute atomic E-state index is 0.254. The lowest BCUT2D eigenvalue weighted by atomic mass is 9.81. The van der Waals surface area contributed by atoms with Crippen molar-refractivity contribution in [3.05, 3.63) is 63.8 Å². The molecule has 0 radical (unpaired) electrons. The number of pyridine rings is 1. The number of nitrogens with zero attached hydrogens (tertiary/aromatic N) is 4. The first kappa shape index (κ1) is 30.2. The van der Waals surface area contributed by atoms with E-state index >= 15 is 0 Å². The number of ether oxygens (including phenoxy) is 1. The summed E-state index contributed by atoms with van der Waals surface area (Å²) < 4.78 is 11.5. The van der Waals surface area contributed by atoms with Gasteiger partial charge in [0.05, 0.1) is 17.0 Å². The van der Waals surface area contributed by atoms with Crippen molar-refractivity contribution in [2.24, 2.45) is 5.41 Å². The summed E-state index contributed by atoms with van der Waals surface area (Å²) in [4.78, 5) is 22.5. The van der Waals surface area contributed by atoms with Gasteiger partial charge in [-0.25, -0.2) is 4.79 Å². The zero-order chi connectivity index (χ0) is 30.4. The van der Waals surface area contributed by atoms with Gasteiger partial charge in [-0.3, -0.25) is 9.88 Å². The van der Waals surface area contributed by atoms with Gasteiger partial charge in [0, 0.05) is 61.3 Å². The number of rotatable bonds is 7. The summed E-state index contributed by atoms with van der Waals surface area (Å²) >= 11 is 0. The van der Waals surface area contributed by atoms with Gasteiger partial charge in [0.1, 0.15) is 5.76 Å². The van der Waals surface area contributed by atoms with Crippen molar-refractivity contribution in [3.63, 3.8) is 0 Å². The van der Waals surface area contributed by atoms with E-state index < -0.39 is 17.7 Å². The summed E-state index contributed by atoms with van der Waals surface area (Å²) in [6.07, 6.45) is 1.89. The van der Waals surface area contributed by atoms with Crippen LogP contribution in [0.15, 0.2) is 28.8 Å². The molecular weight excluding hydrogens is 528 g/mol. The first-order chi connectivity index (χ1) is 19.7. The summed E-state index contributed by atoms with van der Waals surface area (Å²) in [7, 11) is 0. The zero-order valence-corrected chi connectivity index (χ0v) is 26.5. The molecule has 8 nitrogen and oxygen atoms in total. The molecule has 0 amide bonds. The van der Waals surface area contributed by atoms with Gasteiger partial charge in [-0.2, -0.15) is 0 Å². The highest BCUT2D eigenvalue weighted by Gasteiger charge is 2.36. The van der Waals surface area contributed by atoms with Crippen LogP contribution >= 0.6 is 0 Å². The summed E-state index contributed by atoms with van der Waals surface area (Å²) in [6.45, 7) is 20.5. The minimum Gasteiger partial charge on any atom is -0.479 e. The number of benzene rings is 1. The molecule has 2 aromatic heterocycles. The molecule has 0 bridgehead atoms. The van der Waals surface area contributed by atoms with E-state index in [0.29, 0.717) is 11.3 Å². The Hall–Kier alpha value is -3.23. The number of aryl methyl sites for hydroxylation is 3. The predicted molar refractivity (Wildman–Crippen MR) is 165 cm³/mol. The summed E-state index contributed by atoms with van der Waals surface area (Å²) in [5.74, 6) is -0.157. The molecule has 2 aliphatic heterocycles. The smallest absolute Gasteiger partial charge is 0.337 e. The molecule has 1 N–H and O–H groups in total. The Kier molecular flexibility index (Phi) is 8.25. The Bertz CT molecular complexity index is 1460. The van der Waals surface area contributed by atoms with E-state index in [4.69, 9.17) is 14.2 Å². The van der Waals surface area contributed by atoms with Crippen molar-refractivity contribution < 1.29 is 19.2 Å². The van der Waals surface area contributed by atoms with Crippen LogP contribution in [0.3, 0.4) is 0 Å². The van der Waals surface area contributed by atoms with Gasteiger partial charge in [-0.1, -0.05) is 37.2 Å². The number of carboxylic acids is 1. The SMILES string of the molecule is Cc1cc(CN2CCc3cc(-c4c(C)nc(C)c(C(OC(C)(C)C)C(=O)O)c4N4CCC(C)(C)CC4)ccc3C2)no1. The number of fused-ring (bicyclic) bond motifs is 1. The third-order valence-corrected chi connectivity index (χ3v) is 8.62. The number of anilines is 1. The van der Waals surface area contributed by atoms with Crippen LogP contribution in [0.1, 0.15) is 93.1 Å². The molecule has 3 aromatic rings. The predicted octanol–water partition coefficient (Wildman–Crippen LogP) is 6.79. The highest BCUT2D eigenvalue weighted by Crippen LogP contribution is 2.45. The van der Waals surface area contributed by atoms with E-state index in [2.05, 4.69) is 47.0 Å². The summed E-state index contributed by atoms with van der Waals surface area (Å²) in [6, 6.07) is 8.71. The lowest BCUT2D eigenvalue weighted by molar-refractivity contribution is -0.160. The van der Waals surface area contributed by atoms with E-state index in [1.165, 1.54) is 11.1 Å². The topological polar surface area (TPSA) is 91.9 Å². The van der Waals surface area contributed by atoms with Crippen LogP contribution in [0.2, 0.25) is 0 Å². The zero-order valence-electron chi connectivity index (χ0n) is 26.5. The van der Waals surface area contributed by atoms with Crippen LogP contribution in [0.5, 0.6) is 0 Å². The maximum atomic E-state index is 12.8. The second-order valence-corrected chi connectivity index (χ2v) is 13.9. The monoisotopic (exact) mass is 574 g/mol. The highest BCUT2D eigenvalue weighted by molar-refractivity contribution is 5.88. The fourth-order valence-corrected chi connectivity index (χ4v) is 6.38. The number of hydrogen-bond donors (Lipinski definition) is 1. The van der Waals surface area contributed by atoms with Crippen LogP contribution in [-0.2, 0) is 29.0 Å². The fourth-order valence-electron chi connectivity index (χ4n) is 6.38. The van der Waals surface area contributed by atoms with Gasteiger partial charge in [0.25, 0.3) is 0 Å². The molecule has 5 rings (SSSR count). The fraction of sp³-hybridized carbons (Fsp3) is 0.559. The Labute approximate surface area is 250 Å². The Balaban J connectivity index is 1.58. The molecule has 226 valence electrons. The van der Waals surface area contributed by atoms with Crippen molar-refractivity contribution in [2.75, 3.05) is 24.5 Å². The molecule has 1 aromatic carbocycles. The van der Waals surface area contributed by atoms with Gasteiger partial charge < -0.3 is 19.3 Å². The Morgan fingerprint density at radius 3 is 2.40 bits per heavy atom. The maximum Gasteiger partial charge on any atom is 0.337 e. The largest absolute Gasteiger partial charge is 0.479 e. The van der Waals surface area contributed by atoms with E-state index in [0.717, 1.165) is 85.9 Å². The molecule has 8 heteroatoms. The average molecular weight is 575 g/mol. The number of aliphatic carboxylic acids is 1. The molecule has 0 aliphatic carbocycles. The van der Waals surface area contributed by atoms with Crippen LogP contribution < -0.4 is 4.90 Å². The van der Waals surface area contributed by atoms with Crippen molar-refractivity contribution in [1.29, 1.82) is 0 Å². The number of piperidine rings is 1. The first-order valence-electron chi connectivity index (χ1n) is 15.1. The molecule has 1 unspecified atom stereocenters. The van der Waals surface area contributed by atoms with Crippen molar-refractivity contribution in [2.45, 2.75) is 99.4 Å². The van der Waals surface area contributed by atoms with Crippen LogP contribution in [0.4, 0.5) is 5.69 Å². The van der Waals surface area contributed by atoms with Gasteiger partial charge in [0.2, 0.25) is 0 Å². The average Bonchev–Trinajstić information content (AvgIpc) is 3.30. The van der Waals surface area contributed by atoms with E-state index in [1.54, 1.807) is 0 Å². The lowest BCUT2D eigenvalue weighted by Crippen LogP contribution is -2.39. The van der Waals surface area contributed by atoms with Crippen molar-refractivity contribution in [3.8, 4) is 11.1 Å². The molecule has 2 aliphatic rings. The Morgan fingerprint density at radius 1 is 1.07 bits per heavy atom. The second kappa shape index (κ2) is 11.5. The lowest BCUT2D eigenvalue weighted by Gasteiger charge is -2.41. The molecule has 1 atom stereocenters. The molecule has 1 fully saturated rings. The van der Waals surface area contributed by atoms with Crippen LogP contribution in [-0.4, -0.2) is 51.4 Å². The molecule has 0 spiro atoms. The third-order valence-electron chi connectivity index (χ3n) is 8.62. The maximum absolute atomic E-state index is 12.8. The Morgan fingerprint density at radius 2 is 1.79 bits per heavy atom. The molecule has 0 saturated carbocycles. The van der Waals surface area contributed by atoms with Gasteiger partial charge in [-0.15, -0.1) is 0 Å². The summed E-state index contributed by atoms with van der Waals surface area (Å²) in [5, 5.41) is 14.6. The number of carbonyl (C=O) groups is 1. The second-order valence-electron chi connectivity index (χ2n) is 13.9. The van der Waals surface area contributed by atoms with Crippen molar-refractivity contribution in [1.82, 2.24) is 15.0 Å². The molecule has 4 heterocycles.